The summed E-state index contributed by atoms with van der Waals surface area (Å²) in [5, 5.41) is 4.20. The lowest BCUT2D eigenvalue weighted by molar-refractivity contribution is -0.129. The smallest absolute Gasteiger partial charge is 0.260 e. The molecule has 1 heterocycles. The Balaban J connectivity index is 1.73. The zero-order valence-corrected chi connectivity index (χ0v) is 13.7. The molecule has 23 heavy (non-hydrogen) atoms. The minimum atomic E-state index is -0.305. The number of carbonyl (C=O) groups is 2. The van der Waals surface area contributed by atoms with Crippen LogP contribution >= 0.6 is 0 Å². The molecule has 6 nitrogen and oxygen atoms in total. The van der Waals surface area contributed by atoms with E-state index in [1.54, 1.807) is 4.68 Å². The largest absolute Gasteiger partial charge is 0.273 e. The summed E-state index contributed by atoms with van der Waals surface area (Å²) in [5.74, 6) is -0.520. The second kappa shape index (κ2) is 7.58. The van der Waals surface area contributed by atoms with Gasteiger partial charge in [0.1, 0.15) is 6.54 Å². The van der Waals surface area contributed by atoms with Crippen LogP contribution in [0.5, 0.6) is 0 Å². The van der Waals surface area contributed by atoms with E-state index in [2.05, 4.69) is 22.0 Å². The minimum absolute atomic E-state index is 0.0812. The number of nitrogens with zero attached hydrogens (tertiary/aromatic N) is 2. The van der Waals surface area contributed by atoms with Crippen LogP contribution in [-0.2, 0) is 22.6 Å². The van der Waals surface area contributed by atoms with Crippen LogP contribution in [0.2, 0.25) is 0 Å². The standard InChI is InChI=1S/C17H22N4O2/c1-12-5-4-6-15(9-12)7-8-16(22)18-19-17(23)11-21-14(3)10-13(2)20-21/h4-6,9-10H,7-8,11H2,1-3H3,(H,18,22)(H,19,23). The predicted octanol–water partition coefficient (Wildman–Crippen LogP) is 1.59. The predicted molar refractivity (Wildman–Crippen MR) is 87.5 cm³/mol. The average molecular weight is 314 g/mol. The minimum Gasteiger partial charge on any atom is -0.273 e. The normalized spacial score (nSPS) is 10.4. The summed E-state index contributed by atoms with van der Waals surface area (Å²) in [6, 6.07) is 9.92. The average Bonchev–Trinajstić information content (AvgIpc) is 2.81. The molecule has 0 saturated heterocycles. The van der Waals surface area contributed by atoms with Crippen molar-refractivity contribution in [3.63, 3.8) is 0 Å². The summed E-state index contributed by atoms with van der Waals surface area (Å²) in [6.45, 7) is 5.85. The number of rotatable bonds is 5. The quantitative estimate of drug-likeness (QED) is 0.823. The van der Waals surface area contributed by atoms with Crippen molar-refractivity contribution in [2.75, 3.05) is 0 Å². The molecular formula is C17H22N4O2. The van der Waals surface area contributed by atoms with Crippen LogP contribution in [0.3, 0.4) is 0 Å². The molecular weight excluding hydrogens is 292 g/mol. The molecule has 0 bridgehead atoms. The molecule has 0 spiro atoms. The maximum absolute atomic E-state index is 11.8. The summed E-state index contributed by atoms with van der Waals surface area (Å²) in [7, 11) is 0. The third-order valence-electron chi connectivity index (χ3n) is 3.46. The van der Waals surface area contributed by atoms with Gasteiger partial charge in [-0.15, -0.1) is 0 Å². The Morgan fingerprint density at radius 3 is 2.48 bits per heavy atom. The summed E-state index contributed by atoms with van der Waals surface area (Å²) in [4.78, 5) is 23.6. The van der Waals surface area contributed by atoms with Crippen LogP contribution in [0.25, 0.3) is 0 Å². The monoisotopic (exact) mass is 314 g/mol. The van der Waals surface area contributed by atoms with Crippen molar-refractivity contribution in [1.29, 1.82) is 0 Å². The Hall–Kier alpha value is -2.63. The molecule has 1 aromatic carbocycles. The highest BCUT2D eigenvalue weighted by molar-refractivity contribution is 5.81. The Labute approximate surface area is 135 Å². The number of hydrazine groups is 1. The maximum Gasteiger partial charge on any atom is 0.260 e. The van der Waals surface area contributed by atoms with Crippen molar-refractivity contribution < 1.29 is 9.59 Å². The van der Waals surface area contributed by atoms with Crippen LogP contribution in [0.15, 0.2) is 30.3 Å². The molecule has 0 fully saturated rings. The van der Waals surface area contributed by atoms with Gasteiger partial charge in [0.05, 0.1) is 5.69 Å². The number of hydrogen-bond acceptors (Lipinski definition) is 3. The molecule has 6 heteroatoms. The number of nitrogens with one attached hydrogen (secondary N) is 2. The fourth-order valence-corrected chi connectivity index (χ4v) is 2.34. The second-order valence-electron chi connectivity index (χ2n) is 5.67. The zero-order chi connectivity index (χ0) is 16.8. The molecule has 0 atom stereocenters. The van der Waals surface area contributed by atoms with Crippen LogP contribution in [0, 0.1) is 20.8 Å². The van der Waals surface area contributed by atoms with E-state index in [1.165, 1.54) is 5.56 Å². The van der Waals surface area contributed by atoms with Gasteiger partial charge in [-0.2, -0.15) is 5.10 Å². The number of aryl methyl sites for hydroxylation is 4. The van der Waals surface area contributed by atoms with Gasteiger partial charge in [0.15, 0.2) is 0 Å². The molecule has 122 valence electrons. The van der Waals surface area contributed by atoms with Gasteiger partial charge in [-0.25, -0.2) is 0 Å². The van der Waals surface area contributed by atoms with E-state index >= 15 is 0 Å². The lowest BCUT2D eigenvalue weighted by Gasteiger charge is -2.08. The molecule has 0 aliphatic carbocycles. The SMILES string of the molecule is Cc1cccc(CCC(=O)NNC(=O)Cn2nc(C)cc2C)c1. The Bertz CT molecular complexity index is 706. The zero-order valence-electron chi connectivity index (χ0n) is 13.7. The molecule has 2 rings (SSSR count). The van der Waals surface area contributed by atoms with Crippen molar-refractivity contribution >= 4 is 11.8 Å². The van der Waals surface area contributed by atoms with Gasteiger partial charge in [-0.05, 0) is 38.8 Å². The van der Waals surface area contributed by atoms with Crippen LogP contribution in [0.4, 0.5) is 0 Å². The molecule has 0 aliphatic heterocycles. The van der Waals surface area contributed by atoms with Crippen LogP contribution in [-0.4, -0.2) is 21.6 Å². The number of amides is 2. The molecule has 2 amide bonds. The summed E-state index contributed by atoms with van der Waals surface area (Å²) in [6.07, 6.45) is 0.963. The van der Waals surface area contributed by atoms with Gasteiger partial charge in [0.25, 0.3) is 5.91 Å². The molecule has 0 aliphatic rings. The van der Waals surface area contributed by atoms with Gasteiger partial charge in [-0.3, -0.25) is 25.1 Å². The van der Waals surface area contributed by atoms with Crippen LogP contribution < -0.4 is 10.9 Å². The van der Waals surface area contributed by atoms with Crippen molar-refractivity contribution in [3.8, 4) is 0 Å². The topological polar surface area (TPSA) is 76.0 Å². The van der Waals surface area contributed by atoms with Crippen molar-refractivity contribution in [2.24, 2.45) is 0 Å². The number of aromatic nitrogens is 2. The lowest BCUT2D eigenvalue weighted by Crippen LogP contribution is -2.43. The third-order valence-corrected chi connectivity index (χ3v) is 3.46. The molecule has 2 aromatic rings. The van der Waals surface area contributed by atoms with E-state index in [4.69, 9.17) is 0 Å². The maximum atomic E-state index is 11.8. The highest BCUT2D eigenvalue weighted by Gasteiger charge is 2.08. The van der Waals surface area contributed by atoms with E-state index in [1.807, 2.05) is 45.0 Å². The van der Waals surface area contributed by atoms with Gasteiger partial charge in [0, 0.05) is 12.1 Å². The summed E-state index contributed by atoms with van der Waals surface area (Å²) < 4.78 is 1.60. The number of benzene rings is 1. The van der Waals surface area contributed by atoms with E-state index in [0.29, 0.717) is 12.8 Å². The molecule has 2 N–H and O–H groups in total. The van der Waals surface area contributed by atoms with Crippen molar-refractivity contribution in [1.82, 2.24) is 20.6 Å². The Morgan fingerprint density at radius 2 is 1.83 bits per heavy atom. The van der Waals surface area contributed by atoms with Gasteiger partial charge in [-0.1, -0.05) is 29.8 Å². The first-order valence-corrected chi connectivity index (χ1v) is 7.58. The summed E-state index contributed by atoms with van der Waals surface area (Å²) >= 11 is 0. The van der Waals surface area contributed by atoms with E-state index in [-0.39, 0.29) is 18.4 Å². The van der Waals surface area contributed by atoms with Crippen molar-refractivity contribution in [2.45, 2.75) is 40.2 Å². The summed E-state index contributed by atoms with van der Waals surface area (Å²) in [5.41, 5.74) is 8.89. The highest BCUT2D eigenvalue weighted by Crippen LogP contribution is 2.06. The van der Waals surface area contributed by atoms with E-state index in [0.717, 1.165) is 17.0 Å². The van der Waals surface area contributed by atoms with Gasteiger partial charge in [0.2, 0.25) is 5.91 Å². The fraction of sp³-hybridized carbons (Fsp3) is 0.353. The fourth-order valence-electron chi connectivity index (χ4n) is 2.34. The molecule has 0 unspecified atom stereocenters. The van der Waals surface area contributed by atoms with Gasteiger partial charge >= 0.3 is 0 Å². The highest BCUT2D eigenvalue weighted by atomic mass is 16.2. The molecule has 0 saturated carbocycles. The Morgan fingerprint density at radius 1 is 1.09 bits per heavy atom. The molecule has 1 aromatic heterocycles. The number of hydrogen-bond donors (Lipinski definition) is 2. The number of carbonyl (C=O) groups excluding carboxylic acids is 2. The molecule has 0 radical (unpaired) electrons. The lowest BCUT2D eigenvalue weighted by atomic mass is 10.1. The first-order valence-electron chi connectivity index (χ1n) is 7.58. The van der Waals surface area contributed by atoms with Crippen molar-refractivity contribution in [3.05, 3.63) is 52.8 Å². The van der Waals surface area contributed by atoms with E-state index < -0.39 is 0 Å². The van der Waals surface area contributed by atoms with Crippen LogP contribution in [0.1, 0.15) is 28.9 Å². The third kappa shape index (κ3) is 5.25. The second-order valence-corrected chi connectivity index (χ2v) is 5.67. The first-order chi connectivity index (χ1) is 10.9. The first kappa shape index (κ1) is 16.7. The van der Waals surface area contributed by atoms with Gasteiger partial charge < -0.3 is 0 Å². The Kier molecular flexibility index (Phi) is 5.51. The van der Waals surface area contributed by atoms with E-state index in [9.17, 15) is 9.59 Å².